The van der Waals surface area contributed by atoms with Crippen LogP contribution in [-0.4, -0.2) is 43.5 Å². The first-order valence-corrected chi connectivity index (χ1v) is 6.84. The first-order chi connectivity index (χ1) is 9.11. The number of nitrogens with one attached hydrogen (secondary N) is 1. The Hall–Kier alpha value is -1.11. The monoisotopic (exact) mass is 331 g/mol. The Morgan fingerprint density at radius 3 is 3.00 bits per heavy atom. The Morgan fingerprint density at radius 2 is 2.32 bits per heavy atom. The van der Waals surface area contributed by atoms with Crippen LogP contribution in [0.15, 0.2) is 28.7 Å². The first-order valence-electron chi connectivity index (χ1n) is 6.04. The number of ether oxygens (including phenoxy) is 2. The number of aliphatic hydroxyl groups is 1. The zero-order chi connectivity index (χ0) is 14.1. The van der Waals surface area contributed by atoms with E-state index in [2.05, 4.69) is 21.2 Å². The van der Waals surface area contributed by atoms with Crippen LogP contribution >= 0.6 is 15.9 Å². The van der Waals surface area contributed by atoms with Gasteiger partial charge in [-0.2, -0.15) is 0 Å². The predicted octanol–water partition coefficient (Wildman–Crippen LogP) is 1.34. The summed E-state index contributed by atoms with van der Waals surface area (Å²) in [7, 11) is 0. The molecular weight excluding hydrogens is 314 g/mol. The quantitative estimate of drug-likeness (QED) is 0.703. The molecule has 1 atom stereocenters. The van der Waals surface area contributed by atoms with Crippen molar-refractivity contribution in [3.63, 3.8) is 0 Å². The standard InChI is InChI=1S/C13H18BrNO4/c1-2-18-13(17)8-15-7-11(16)9-19-12-5-3-4-10(14)6-12/h3-6,11,15-16H,2,7-9H2,1H3. The fraction of sp³-hybridized carbons (Fsp3) is 0.462. The van der Waals surface area contributed by atoms with E-state index < -0.39 is 6.10 Å². The molecular formula is C13H18BrNO4. The van der Waals surface area contributed by atoms with Gasteiger partial charge >= 0.3 is 5.97 Å². The second kappa shape index (κ2) is 8.90. The fourth-order valence-electron chi connectivity index (χ4n) is 1.36. The van der Waals surface area contributed by atoms with Gasteiger partial charge in [0.15, 0.2) is 0 Å². The van der Waals surface area contributed by atoms with E-state index in [0.29, 0.717) is 12.4 Å². The molecule has 0 aliphatic rings. The third kappa shape index (κ3) is 7.15. The molecule has 0 spiro atoms. The smallest absolute Gasteiger partial charge is 0.319 e. The molecule has 106 valence electrons. The third-order valence-electron chi connectivity index (χ3n) is 2.19. The molecule has 0 heterocycles. The number of hydrogen-bond acceptors (Lipinski definition) is 5. The number of rotatable bonds is 8. The normalized spacial score (nSPS) is 11.9. The van der Waals surface area contributed by atoms with Crippen molar-refractivity contribution in [3.8, 4) is 5.75 Å². The zero-order valence-corrected chi connectivity index (χ0v) is 12.4. The largest absolute Gasteiger partial charge is 0.491 e. The maximum absolute atomic E-state index is 11.0. The van der Waals surface area contributed by atoms with E-state index >= 15 is 0 Å². The maximum atomic E-state index is 11.0. The van der Waals surface area contributed by atoms with Gasteiger partial charge in [0.25, 0.3) is 0 Å². The molecule has 0 aliphatic carbocycles. The van der Waals surface area contributed by atoms with Crippen LogP contribution in [0.25, 0.3) is 0 Å². The van der Waals surface area contributed by atoms with Crippen molar-refractivity contribution in [1.82, 2.24) is 5.32 Å². The van der Waals surface area contributed by atoms with Gasteiger partial charge < -0.3 is 19.9 Å². The topological polar surface area (TPSA) is 67.8 Å². The SMILES string of the molecule is CCOC(=O)CNCC(O)COc1cccc(Br)c1. The molecule has 0 bridgehead atoms. The van der Waals surface area contributed by atoms with Gasteiger partial charge in [0.1, 0.15) is 18.5 Å². The maximum Gasteiger partial charge on any atom is 0.319 e. The summed E-state index contributed by atoms with van der Waals surface area (Å²) in [5.41, 5.74) is 0. The van der Waals surface area contributed by atoms with E-state index in [9.17, 15) is 9.90 Å². The average molecular weight is 332 g/mol. The van der Waals surface area contributed by atoms with E-state index in [1.54, 1.807) is 6.92 Å². The molecule has 0 saturated heterocycles. The van der Waals surface area contributed by atoms with Crippen molar-refractivity contribution in [3.05, 3.63) is 28.7 Å². The number of carbonyl (C=O) groups excluding carboxylic acids is 1. The predicted molar refractivity (Wildman–Crippen MR) is 75.1 cm³/mol. The first kappa shape index (κ1) is 15.9. The van der Waals surface area contributed by atoms with E-state index in [4.69, 9.17) is 9.47 Å². The lowest BCUT2D eigenvalue weighted by Crippen LogP contribution is -2.35. The van der Waals surface area contributed by atoms with E-state index in [1.165, 1.54) is 0 Å². The second-order valence-corrected chi connectivity index (χ2v) is 4.77. The van der Waals surface area contributed by atoms with E-state index in [-0.39, 0.29) is 25.7 Å². The summed E-state index contributed by atoms with van der Waals surface area (Å²) in [5, 5.41) is 12.5. The molecule has 19 heavy (non-hydrogen) atoms. The van der Waals surface area contributed by atoms with E-state index in [0.717, 1.165) is 4.47 Å². The van der Waals surface area contributed by atoms with Gasteiger partial charge in [0.05, 0.1) is 13.2 Å². The van der Waals surface area contributed by atoms with Crippen LogP contribution in [0.2, 0.25) is 0 Å². The average Bonchev–Trinajstić information content (AvgIpc) is 2.37. The van der Waals surface area contributed by atoms with Crippen LogP contribution < -0.4 is 10.1 Å². The van der Waals surface area contributed by atoms with Crippen LogP contribution in [0.1, 0.15) is 6.92 Å². The Kier molecular flexibility index (Phi) is 7.47. The van der Waals surface area contributed by atoms with Crippen LogP contribution in [0, 0.1) is 0 Å². The number of carbonyl (C=O) groups is 1. The summed E-state index contributed by atoms with van der Waals surface area (Å²) in [4.78, 5) is 11.0. The molecule has 5 nitrogen and oxygen atoms in total. The lowest BCUT2D eigenvalue weighted by Gasteiger charge is -2.13. The third-order valence-corrected chi connectivity index (χ3v) is 2.69. The van der Waals surface area contributed by atoms with Gasteiger partial charge in [-0.3, -0.25) is 4.79 Å². The minimum atomic E-state index is -0.687. The summed E-state index contributed by atoms with van der Waals surface area (Å²) in [6.45, 7) is 2.62. The number of benzene rings is 1. The molecule has 6 heteroatoms. The number of hydrogen-bond donors (Lipinski definition) is 2. The van der Waals surface area contributed by atoms with Crippen molar-refractivity contribution >= 4 is 21.9 Å². The minimum Gasteiger partial charge on any atom is -0.491 e. The summed E-state index contributed by atoms with van der Waals surface area (Å²) >= 11 is 3.34. The summed E-state index contributed by atoms with van der Waals surface area (Å²) in [6.07, 6.45) is -0.687. The molecule has 1 unspecified atom stereocenters. The highest BCUT2D eigenvalue weighted by molar-refractivity contribution is 9.10. The Bertz CT molecular complexity index is 400. The molecule has 0 radical (unpaired) electrons. The molecule has 2 N–H and O–H groups in total. The number of aliphatic hydroxyl groups excluding tert-OH is 1. The molecule has 0 saturated carbocycles. The lowest BCUT2D eigenvalue weighted by atomic mass is 10.3. The summed E-state index contributed by atoms with van der Waals surface area (Å²) in [6, 6.07) is 7.37. The Morgan fingerprint density at radius 1 is 1.53 bits per heavy atom. The molecule has 0 aliphatic heterocycles. The van der Waals surface area contributed by atoms with E-state index in [1.807, 2.05) is 24.3 Å². The van der Waals surface area contributed by atoms with Crippen LogP contribution in [0.3, 0.4) is 0 Å². The van der Waals surface area contributed by atoms with Gasteiger partial charge in [-0.1, -0.05) is 22.0 Å². The fourth-order valence-corrected chi connectivity index (χ4v) is 1.74. The number of esters is 1. The highest BCUT2D eigenvalue weighted by atomic mass is 79.9. The zero-order valence-electron chi connectivity index (χ0n) is 10.8. The van der Waals surface area contributed by atoms with Gasteiger partial charge in [-0.05, 0) is 25.1 Å². The van der Waals surface area contributed by atoms with Gasteiger partial charge in [0, 0.05) is 11.0 Å². The molecule has 1 rings (SSSR count). The Balaban J connectivity index is 2.17. The van der Waals surface area contributed by atoms with Crippen LogP contribution in [-0.2, 0) is 9.53 Å². The van der Waals surface area contributed by atoms with Crippen molar-refractivity contribution in [1.29, 1.82) is 0 Å². The molecule has 1 aromatic rings. The summed E-state index contributed by atoms with van der Waals surface area (Å²) in [5.74, 6) is 0.349. The molecule has 0 amide bonds. The van der Waals surface area contributed by atoms with Crippen LogP contribution in [0.5, 0.6) is 5.75 Å². The highest BCUT2D eigenvalue weighted by Crippen LogP contribution is 2.17. The second-order valence-electron chi connectivity index (χ2n) is 3.86. The Labute approximate surface area is 121 Å². The molecule has 0 fully saturated rings. The molecule has 1 aromatic carbocycles. The van der Waals surface area contributed by atoms with Gasteiger partial charge in [0.2, 0.25) is 0 Å². The highest BCUT2D eigenvalue weighted by Gasteiger charge is 2.07. The number of halogens is 1. The van der Waals surface area contributed by atoms with Crippen molar-refractivity contribution in [2.45, 2.75) is 13.0 Å². The van der Waals surface area contributed by atoms with Gasteiger partial charge in [-0.25, -0.2) is 0 Å². The minimum absolute atomic E-state index is 0.0851. The van der Waals surface area contributed by atoms with Crippen molar-refractivity contribution < 1.29 is 19.4 Å². The van der Waals surface area contributed by atoms with Gasteiger partial charge in [-0.15, -0.1) is 0 Å². The summed E-state index contributed by atoms with van der Waals surface area (Å²) < 4.78 is 11.1. The molecule has 0 aromatic heterocycles. The van der Waals surface area contributed by atoms with Crippen molar-refractivity contribution in [2.24, 2.45) is 0 Å². The van der Waals surface area contributed by atoms with Crippen LogP contribution in [0.4, 0.5) is 0 Å². The van der Waals surface area contributed by atoms with Crippen molar-refractivity contribution in [2.75, 3.05) is 26.3 Å². The lowest BCUT2D eigenvalue weighted by molar-refractivity contribution is -0.142.